The summed E-state index contributed by atoms with van der Waals surface area (Å²) in [6, 6.07) is 10.8. The monoisotopic (exact) mass is 416 g/mol. The molecule has 4 N–H and O–H groups in total. The first-order chi connectivity index (χ1) is 13.8. The van der Waals surface area contributed by atoms with Crippen molar-refractivity contribution < 1.29 is 24.5 Å². The van der Waals surface area contributed by atoms with E-state index in [9.17, 15) is 15.0 Å². The van der Waals surface area contributed by atoms with Crippen LogP contribution in [0.5, 0.6) is 17.2 Å². The molecule has 0 saturated heterocycles. The van der Waals surface area contributed by atoms with Crippen LogP contribution in [0.4, 0.5) is 5.69 Å². The molecule has 0 saturated carbocycles. The Hall–Kier alpha value is -2.77. The number of benzene rings is 2. The smallest absolute Gasteiger partial charge is 0.262 e. The Labute approximate surface area is 178 Å². The number of aliphatic hydroxyl groups is 1. The molecular formula is C23H32N2O5. The molecule has 2 aromatic rings. The highest BCUT2D eigenvalue weighted by Gasteiger charge is 2.26. The zero-order chi connectivity index (χ0) is 21.0. The number of phenolic OH excluding ortho intramolecular Hbond substituents is 1. The van der Waals surface area contributed by atoms with E-state index in [0.29, 0.717) is 23.6 Å². The van der Waals surface area contributed by atoms with Crippen LogP contribution >= 0.6 is 0 Å². The average molecular weight is 417 g/mol. The summed E-state index contributed by atoms with van der Waals surface area (Å²) < 4.78 is 11.0. The van der Waals surface area contributed by atoms with E-state index in [4.69, 9.17) is 9.47 Å². The van der Waals surface area contributed by atoms with E-state index in [1.807, 2.05) is 31.2 Å². The molecule has 3 rings (SSSR count). The molecule has 1 atom stereocenters. The van der Waals surface area contributed by atoms with Crippen LogP contribution in [0.2, 0.25) is 0 Å². The van der Waals surface area contributed by atoms with E-state index in [2.05, 4.69) is 24.5 Å². The fourth-order valence-corrected chi connectivity index (χ4v) is 3.39. The highest BCUT2D eigenvalue weighted by molar-refractivity contribution is 5.96. The second kappa shape index (κ2) is 9.82. The molecule has 2 aromatic carbocycles. The highest BCUT2D eigenvalue weighted by atomic mass is 16.5. The van der Waals surface area contributed by atoms with Crippen LogP contribution < -0.4 is 20.1 Å². The Kier molecular flexibility index (Phi) is 7.70. The summed E-state index contributed by atoms with van der Waals surface area (Å²) >= 11 is 0. The van der Waals surface area contributed by atoms with E-state index in [-0.39, 0.29) is 37.8 Å². The van der Waals surface area contributed by atoms with Crippen molar-refractivity contribution in [1.82, 2.24) is 5.32 Å². The van der Waals surface area contributed by atoms with Gasteiger partial charge in [0, 0.05) is 23.7 Å². The second-order valence-electron chi connectivity index (χ2n) is 7.78. The number of carbonyl (C=O) groups is 1. The molecule has 1 aliphatic rings. The number of phenols is 1. The van der Waals surface area contributed by atoms with Crippen molar-refractivity contribution in [2.45, 2.75) is 46.3 Å². The SMILES string of the molecule is C.CCOc1ccc(CC(C)(C)NC[C@H](O)c2cc(O)cc3c2OCC(=O)N3)cc1. The van der Waals surface area contributed by atoms with Crippen molar-refractivity contribution in [1.29, 1.82) is 0 Å². The number of aliphatic hydroxyl groups excluding tert-OH is 1. The molecule has 164 valence electrons. The maximum absolute atomic E-state index is 11.5. The van der Waals surface area contributed by atoms with Crippen LogP contribution in [-0.2, 0) is 11.2 Å². The lowest BCUT2D eigenvalue weighted by atomic mass is 9.94. The lowest BCUT2D eigenvalue weighted by molar-refractivity contribution is -0.118. The Morgan fingerprint density at radius 1 is 1.27 bits per heavy atom. The molecule has 0 unspecified atom stereocenters. The van der Waals surface area contributed by atoms with Gasteiger partial charge < -0.3 is 30.3 Å². The van der Waals surface area contributed by atoms with Gasteiger partial charge in [0.1, 0.15) is 17.2 Å². The van der Waals surface area contributed by atoms with Crippen LogP contribution in [0.3, 0.4) is 0 Å². The summed E-state index contributed by atoms with van der Waals surface area (Å²) in [5.74, 6) is 0.898. The lowest BCUT2D eigenvalue weighted by Crippen LogP contribution is -2.43. The molecule has 0 radical (unpaired) electrons. The zero-order valence-electron chi connectivity index (χ0n) is 17.0. The van der Waals surface area contributed by atoms with E-state index >= 15 is 0 Å². The molecule has 30 heavy (non-hydrogen) atoms. The standard InChI is InChI=1S/C22H28N2O5.CH4/c1-4-28-16-7-5-14(6-8-16)11-22(2,3)23-12-19(26)17-9-15(25)10-18-21(17)29-13-20(27)24-18;/h5-10,19,23,25-26H,4,11-13H2,1-3H3,(H,24,27);1H4/t19-;/m0./s1. The Morgan fingerprint density at radius 2 is 1.97 bits per heavy atom. The van der Waals surface area contributed by atoms with Crippen LogP contribution in [0.25, 0.3) is 0 Å². The highest BCUT2D eigenvalue weighted by Crippen LogP contribution is 2.38. The number of aromatic hydroxyl groups is 1. The molecular weight excluding hydrogens is 384 g/mol. The summed E-state index contributed by atoms with van der Waals surface area (Å²) in [5.41, 5.74) is 1.68. The Bertz CT molecular complexity index is 865. The second-order valence-corrected chi connectivity index (χ2v) is 7.78. The third-order valence-electron chi connectivity index (χ3n) is 4.74. The van der Waals surface area contributed by atoms with E-state index in [1.165, 1.54) is 12.1 Å². The van der Waals surface area contributed by atoms with Gasteiger partial charge in [0.2, 0.25) is 0 Å². The molecule has 1 aliphatic heterocycles. The number of anilines is 1. The predicted molar refractivity (Wildman–Crippen MR) is 117 cm³/mol. The summed E-state index contributed by atoms with van der Waals surface area (Å²) in [4.78, 5) is 11.5. The molecule has 7 nitrogen and oxygen atoms in total. The van der Waals surface area contributed by atoms with Gasteiger partial charge in [-0.15, -0.1) is 0 Å². The summed E-state index contributed by atoms with van der Waals surface area (Å²) in [6.45, 7) is 6.85. The number of nitrogens with one attached hydrogen (secondary N) is 2. The van der Waals surface area contributed by atoms with Gasteiger partial charge in [-0.3, -0.25) is 4.79 Å². The number of fused-ring (bicyclic) bond motifs is 1. The maximum Gasteiger partial charge on any atom is 0.262 e. The van der Waals surface area contributed by atoms with Crippen molar-refractivity contribution >= 4 is 11.6 Å². The van der Waals surface area contributed by atoms with Gasteiger partial charge in [-0.2, -0.15) is 0 Å². The molecule has 0 bridgehead atoms. The van der Waals surface area contributed by atoms with Crippen LogP contribution in [-0.4, -0.2) is 41.4 Å². The molecule has 7 heteroatoms. The van der Waals surface area contributed by atoms with E-state index in [1.54, 1.807) is 0 Å². The zero-order valence-corrected chi connectivity index (χ0v) is 17.0. The van der Waals surface area contributed by atoms with Crippen LogP contribution in [0.1, 0.15) is 45.4 Å². The predicted octanol–water partition coefficient (Wildman–Crippen LogP) is 3.40. The van der Waals surface area contributed by atoms with Crippen molar-refractivity contribution in [3.63, 3.8) is 0 Å². The number of β-amino-alcohol motifs (C(OH)–C–C–N with tert-alkyl or cyclic N) is 1. The Morgan fingerprint density at radius 3 is 2.63 bits per heavy atom. The van der Waals surface area contributed by atoms with Crippen molar-refractivity contribution in [2.75, 3.05) is 25.1 Å². The van der Waals surface area contributed by atoms with Gasteiger partial charge in [-0.1, -0.05) is 19.6 Å². The number of hydrogen-bond acceptors (Lipinski definition) is 6. The summed E-state index contributed by atoms with van der Waals surface area (Å²) in [7, 11) is 0. The van der Waals surface area contributed by atoms with Gasteiger partial charge in [0.15, 0.2) is 6.61 Å². The normalized spacial score (nSPS) is 14.1. The first kappa shape index (κ1) is 23.5. The fourth-order valence-electron chi connectivity index (χ4n) is 3.39. The van der Waals surface area contributed by atoms with Crippen molar-refractivity contribution in [2.24, 2.45) is 0 Å². The van der Waals surface area contributed by atoms with Crippen molar-refractivity contribution in [3.8, 4) is 17.2 Å². The largest absolute Gasteiger partial charge is 0.508 e. The molecule has 1 amide bonds. The topological polar surface area (TPSA) is 100 Å². The summed E-state index contributed by atoms with van der Waals surface area (Å²) in [5, 5.41) is 26.7. The number of rotatable bonds is 8. The van der Waals surface area contributed by atoms with E-state index < -0.39 is 6.10 Å². The third-order valence-corrected chi connectivity index (χ3v) is 4.74. The van der Waals surface area contributed by atoms with Gasteiger partial charge in [-0.05, 0) is 51.0 Å². The minimum absolute atomic E-state index is 0. The van der Waals surface area contributed by atoms with Gasteiger partial charge in [0.25, 0.3) is 5.91 Å². The number of carbonyl (C=O) groups excluding carboxylic acids is 1. The molecule has 1 heterocycles. The van der Waals surface area contributed by atoms with Crippen LogP contribution in [0.15, 0.2) is 36.4 Å². The minimum Gasteiger partial charge on any atom is -0.508 e. The van der Waals surface area contributed by atoms with Crippen molar-refractivity contribution in [3.05, 3.63) is 47.5 Å². The fraction of sp³-hybridized carbons (Fsp3) is 0.435. The summed E-state index contributed by atoms with van der Waals surface area (Å²) in [6.07, 6.45) is -0.151. The number of amides is 1. The van der Waals surface area contributed by atoms with E-state index in [0.717, 1.165) is 17.7 Å². The lowest BCUT2D eigenvalue weighted by Gasteiger charge is -2.29. The average Bonchev–Trinajstić information content (AvgIpc) is 2.66. The molecule has 0 aromatic heterocycles. The first-order valence-electron chi connectivity index (χ1n) is 9.72. The van der Waals surface area contributed by atoms with Gasteiger partial charge in [0.05, 0.1) is 18.4 Å². The quantitative estimate of drug-likeness (QED) is 0.526. The number of hydrogen-bond donors (Lipinski definition) is 4. The maximum atomic E-state index is 11.5. The molecule has 0 fully saturated rings. The Balaban J connectivity index is 0.00000320. The number of ether oxygens (including phenoxy) is 2. The third kappa shape index (κ3) is 5.87. The minimum atomic E-state index is -0.912. The molecule has 0 aliphatic carbocycles. The van der Waals surface area contributed by atoms with Gasteiger partial charge in [-0.25, -0.2) is 0 Å². The first-order valence-corrected chi connectivity index (χ1v) is 9.72. The van der Waals surface area contributed by atoms with Gasteiger partial charge >= 0.3 is 0 Å². The molecule has 0 spiro atoms. The van der Waals surface area contributed by atoms with Crippen LogP contribution in [0, 0.1) is 0 Å².